The number of rotatable bonds is 4. The van der Waals surface area contributed by atoms with Gasteiger partial charge in [0, 0.05) is 12.6 Å². The van der Waals surface area contributed by atoms with Gasteiger partial charge in [-0.1, -0.05) is 12.1 Å². The molecule has 20 heavy (non-hydrogen) atoms. The molecule has 0 N–H and O–H groups in total. The first-order chi connectivity index (χ1) is 9.52. The van der Waals surface area contributed by atoms with Crippen molar-refractivity contribution in [3.8, 4) is 17.0 Å². The number of ether oxygens (including phenoxy) is 1. The molecule has 0 fully saturated rings. The number of hydrogen-bond donors (Lipinski definition) is 0. The summed E-state index contributed by atoms with van der Waals surface area (Å²) in [6.07, 6.45) is 0. The van der Waals surface area contributed by atoms with Crippen molar-refractivity contribution >= 4 is 16.8 Å². The first-order valence-electron chi connectivity index (χ1n) is 6.04. The van der Waals surface area contributed by atoms with E-state index in [1.54, 1.807) is 6.07 Å². The zero-order valence-electron chi connectivity index (χ0n) is 11.1. The highest BCUT2D eigenvalue weighted by atomic mass is 35.5. The van der Waals surface area contributed by atoms with Gasteiger partial charge in [-0.25, -0.2) is 4.68 Å². The molecule has 0 bridgehead atoms. The van der Waals surface area contributed by atoms with Gasteiger partial charge in [0.1, 0.15) is 11.3 Å². The predicted molar refractivity (Wildman–Crippen MR) is 76.3 cm³/mol. The molecule has 1 aromatic heterocycles. The molecule has 0 saturated carbocycles. The number of hydrogen-bond acceptors (Lipinski definition) is 4. The number of nitrogens with zero attached hydrogens (tertiary/aromatic N) is 2. The van der Waals surface area contributed by atoms with Crippen molar-refractivity contribution in [1.29, 1.82) is 0 Å². The zero-order chi connectivity index (χ0) is 14.7. The number of benzene rings is 1. The van der Waals surface area contributed by atoms with E-state index in [0.29, 0.717) is 18.1 Å². The van der Waals surface area contributed by atoms with Gasteiger partial charge in [-0.15, -0.1) is 0 Å². The maximum absolute atomic E-state index is 11.7. The van der Waals surface area contributed by atoms with Crippen LogP contribution in [0.2, 0.25) is 0 Å². The molecule has 0 atom stereocenters. The normalized spacial score (nSPS) is 10.3. The largest absolute Gasteiger partial charge is 0.494 e. The number of carbonyl (C=O) groups excluding carboxylic acids is 1. The lowest BCUT2D eigenvalue weighted by Gasteiger charge is -2.07. The van der Waals surface area contributed by atoms with Crippen LogP contribution >= 0.6 is 11.6 Å². The van der Waals surface area contributed by atoms with Crippen LogP contribution < -0.4 is 10.3 Å². The molecule has 1 aromatic carbocycles. The van der Waals surface area contributed by atoms with E-state index in [9.17, 15) is 9.59 Å². The molecule has 2 rings (SSSR count). The van der Waals surface area contributed by atoms with Gasteiger partial charge < -0.3 is 4.74 Å². The van der Waals surface area contributed by atoms with Crippen molar-refractivity contribution in [3.63, 3.8) is 0 Å². The zero-order valence-corrected chi connectivity index (χ0v) is 11.8. The first-order valence-corrected chi connectivity index (χ1v) is 6.42. The topological polar surface area (TPSA) is 61.2 Å². The van der Waals surface area contributed by atoms with Crippen LogP contribution in [0.1, 0.15) is 17.3 Å². The molecule has 2 aromatic rings. The molecule has 5 nitrogen and oxygen atoms in total. The van der Waals surface area contributed by atoms with Crippen molar-refractivity contribution in [2.24, 2.45) is 7.05 Å². The SMILES string of the molecule is CCOc1cccc(-c2cc(C(=O)Cl)c(=O)n(C)n2)c1. The molecule has 0 amide bonds. The summed E-state index contributed by atoms with van der Waals surface area (Å²) in [5.74, 6) is 0.694. The number of halogens is 1. The van der Waals surface area contributed by atoms with Crippen LogP contribution in [-0.2, 0) is 7.05 Å². The van der Waals surface area contributed by atoms with E-state index in [1.807, 2.05) is 25.1 Å². The van der Waals surface area contributed by atoms with Gasteiger partial charge in [0.15, 0.2) is 0 Å². The van der Waals surface area contributed by atoms with E-state index in [0.717, 1.165) is 10.2 Å². The van der Waals surface area contributed by atoms with Crippen LogP contribution in [0.4, 0.5) is 0 Å². The minimum absolute atomic E-state index is 0.0963. The molecule has 0 aliphatic heterocycles. The molecule has 6 heteroatoms. The quantitative estimate of drug-likeness (QED) is 0.811. The summed E-state index contributed by atoms with van der Waals surface area (Å²) in [5.41, 5.74) is 0.610. The summed E-state index contributed by atoms with van der Waals surface area (Å²) in [6.45, 7) is 2.44. The number of aromatic nitrogens is 2. The standard InChI is InChI=1S/C14H13ClN2O3/c1-3-20-10-6-4-5-9(7-10)12-8-11(13(15)18)14(19)17(2)16-12/h4-8H,3H2,1-2H3. The third-order valence-electron chi connectivity index (χ3n) is 2.72. The Labute approximate surface area is 120 Å². The fourth-order valence-electron chi connectivity index (χ4n) is 1.80. The minimum atomic E-state index is -0.796. The Bertz CT molecular complexity index is 710. The maximum Gasteiger partial charge on any atom is 0.278 e. The van der Waals surface area contributed by atoms with Gasteiger partial charge in [0.2, 0.25) is 0 Å². The highest BCUT2D eigenvalue weighted by Gasteiger charge is 2.13. The van der Waals surface area contributed by atoms with Crippen LogP contribution in [-0.4, -0.2) is 21.6 Å². The van der Waals surface area contributed by atoms with Crippen molar-refractivity contribution in [2.75, 3.05) is 6.61 Å². The summed E-state index contributed by atoms with van der Waals surface area (Å²) >= 11 is 5.42. The molecule has 0 saturated heterocycles. The summed E-state index contributed by atoms with van der Waals surface area (Å²) in [7, 11) is 1.47. The molecule has 104 valence electrons. The van der Waals surface area contributed by atoms with Crippen molar-refractivity contribution in [2.45, 2.75) is 6.92 Å². The van der Waals surface area contributed by atoms with Gasteiger partial charge in [-0.05, 0) is 36.7 Å². The van der Waals surface area contributed by atoms with E-state index < -0.39 is 10.8 Å². The van der Waals surface area contributed by atoms with Gasteiger partial charge in [-0.2, -0.15) is 5.10 Å². The van der Waals surface area contributed by atoms with Crippen molar-refractivity contribution < 1.29 is 9.53 Å². The summed E-state index contributed by atoms with van der Waals surface area (Å²) < 4.78 is 6.51. The molecule has 0 aliphatic carbocycles. The van der Waals surface area contributed by atoms with E-state index in [-0.39, 0.29) is 5.56 Å². The second-order valence-corrected chi connectivity index (χ2v) is 4.45. The third kappa shape index (κ3) is 2.88. The first kappa shape index (κ1) is 14.3. The van der Waals surface area contributed by atoms with E-state index >= 15 is 0 Å². The Balaban J connectivity index is 2.55. The minimum Gasteiger partial charge on any atom is -0.494 e. The van der Waals surface area contributed by atoms with Crippen LogP contribution in [0, 0.1) is 0 Å². The molecular formula is C14H13ClN2O3. The smallest absolute Gasteiger partial charge is 0.278 e. The Kier molecular flexibility index (Phi) is 4.20. The van der Waals surface area contributed by atoms with Gasteiger partial charge in [-0.3, -0.25) is 9.59 Å². The average Bonchev–Trinajstić information content (AvgIpc) is 2.42. The summed E-state index contributed by atoms with van der Waals surface area (Å²) in [6, 6.07) is 8.64. The highest BCUT2D eigenvalue weighted by molar-refractivity contribution is 6.67. The summed E-state index contributed by atoms with van der Waals surface area (Å²) in [4.78, 5) is 23.0. The van der Waals surface area contributed by atoms with E-state index in [4.69, 9.17) is 16.3 Å². The molecule has 0 aliphatic rings. The predicted octanol–water partition coefficient (Wildman–Crippen LogP) is 2.22. The second kappa shape index (κ2) is 5.88. The Morgan fingerprint density at radius 3 is 2.80 bits per heavy atom. The molecule has 1 heterocycles. The van der Waals surface area contributed by atoms with E-state index in [1.165, 1.54) is 13.1 Å². The van der Waals surface area contributed by atoms with Crippen molar-refractivity contribution in [3.05, 3.63) is 46.2 Å². The maximum atomic E-state index is 11.7. The Morgan fingerprint density at radius 2 is 2.15 bits per heavy atom. The van der Waals surface area contributed by atoms with Crippen LogP contribution in [0.25, 0.3) is 11.3 Å². The second-order valence-electron chi connectivity index (χ2n) is 4.11. The van der Waals surface area contributed by atoms with Crippen molar-refractivity contribution in [1.82, 2.24) is 9.78 Å². The van der Waals surface area contributed by atoms with Crippen LogP contribution in [0.15, 0.2) is 35.1 Å². The van der Waals surface area contributed by atoms with Gasteiger partial charge in [0.05, 0.1) is 12.3 Å². The van der Waals surface area contributed by atoms with Gasteiger partial charge >= 0.3 is 0 Å². The number of carbonyl (C=O) groups is 1. The van der Waals surface area contributed by atoms with Crippen LogP contribution in [0.3, 0.4) is 0 Å². The third-order valence-corrected chi connectivity index (χ3v) is 2.92. The summed E-state index contributed by atoms with van der Waals surface area (Å²) in [5, 5.41) is 3.33. The average molecular weight is 293 g/mol. The monoisotopic (exact) mass is 292 g/mol. The highest BCUT2D eigenvalue weighted by Crippen LogP contribution is 2.22. The van der Waals surface area contributed by atoms with E-state index in [2.05, 4.69) is 5.10 Å². The number of aryl methyl sites for hydroxylation is 1. The fourth-order valence-corrected chi connectivity index (χ4v) is 1.94. The Morgan fingerprint density at radius 1 is 1.40 bits per heavy atom. The van der Waals surface area contributed by atoms with Gasteiger partial charge in [0.25, 0.3) is 10.8 Å². The molecule has 0 spiro atoms. The lowest BCUT2D eigenvalue weighted by molar-refractivity contribution is 0.107. The molecular weight excluding hydrogens is 280 g/mol. The lowest BCUT2D eigenvalue weighted by Crippen LogP contribution is -2.25. The Hall–Kier alpha value is -2.14. The fraction of sp³-hybridized carbons (Fsp3) is 0.214. The molecule has 0 radical (unpaired) electrons. The van der Waals surface area contributed by atoms with Crippen LogP contribution in [0.5, 0.6) is 5.75 Å². The molecule has 0 unspecified atom stereocenters. The lowest BCUT2D eigenvalue weighted by atomic mass is 10.1.